The highest BCUT2D eigenvalue weighted by Crippen LogP contribution is 2.32. The first-order chi connectivity index (χ1) is 8.47. The molecular formula is C11H12Cl2N4O. The smallest absolute Gasteiger partial charge is 0.240 e. The zero-order valence-corrected chi connectivity index (χ0v) is 11.4. The Hall–Kier alpha value is -1.46. The van der Waals surface area contributed by atoms with Crippen LogP contribution in [0.1, 0.15) is 19.9 Å². The highest BCUT2D eigenvalue weighted by molar-refractivity contribution is 6.36. The van der Waals surface area contributed by atoms with E-state index < -0.39 is 0 Å². The molecule has 5 nitrogen and oxygen atoms in total. The van der Waals surface area contributed by atoms with Crippen molar-refractivity contribution in [2.45, 2.75) is 19.9 Å². The summed E-state index contributed by atoms with van der Waals surface area (Å²) in [5, 5.41) is 4.74. The summed E-state index contributed by atoms with van der Waals surface area (Å²) in [5.74, 6) is 0.925. The van der Waals surface area contributed by atoms with Crippen LogP contribution in [0.15, 0.2) is 18.5 Å². The molecule has 0 aromatic carbocycles. The number of pyridine rings is 1. The summed E-state index contributed by atoms with van der Waals surface area (Å²) in [6.07, 6.45) is 3.34. The molecule has 0 saturated heterocycles. The molecule has 7 heteroatoms. The summed E-state index contributed by atoms with van der Waals surface area (Å²) in [7, 11) is 0. The van der Waals surface area contributed by atoms with Crippen LogP contribution in [0.25, 0.3) is 0 Å². The van der Waals surface area contributed by atoms with Crippen LogP contribution >= 0.6 is 23.2 Å². The normalized spacial score (nSPS) is 10.9. The zero-order chi connectivity index (χ0) is 13.3. The summed E-state index contributed by atoms with van der Waals surface area (Å²) >= 11 is 11.8. The van der Waals surface area contributed by atoms with Gasteiger partial charge in [0, 0.05) is 6.04 Å². The third kappa shape index (κ3) is 2.68. The maximum atomic E-state index is 5.97. The highest BCUT2D eigenvalue weighted by Gasteiger charge is 2.11. The first kappa shape index (κ1) is 13.0. The van der Waals surface area contributed by atoms with Gasteiger partial charge < -0.3 is 10.5 Å². The second kappa shape index (κ2) is 5.04. The average Bonchev–Trinajstić information content (AvgIpc) is 2.74. The van der Waals surface area contributed by atoms with Gasteiger partial charge >= 0.3 is 0 Å². The van der Waals surface area contributed by atoms with Crippen LogP contribution in [-0.4, -0.2) is 14.8 Å². The fourth-order valence-corrected chi connectivity index (χ4v) is 1.70. The van der Waals surface area contributed by atoms with E-state index in [1.54, 1.807) is 17.1 Å². The molecule has 0 fully saturated rings. The number of hydrogen-bond acceptors (Lipinski definition) is 4. The average molecular weight is 287 g/mol. The number of nitrogen functional groups attached to an aromatic ring is 1. The fraction of sp³-hybridized carbons (Fsp3) is 0.273. The monoisotopic (exact) mass is 286 g/mol. The third-order valence-corrected chi connectivity index (χ3v) is 2.82. The summed E-state index contributed by atoms with van der Waals surface area (Å²) in [4.78, 5) is 3.98. The van der Waals surface area contributed by atoms with E-state index in [1.165, 1.54) is 6.07 Å². The van der Waals surface area contributed by atoms with Crippen LogP contribution in [0.5, 0.6) is 11.6 Å². The van der Waals surface area contributed by atoms with Crippen molar-refractivity contribution in [2.75, 3.05) is 5.73 Å². The Kier molecular flexibility index (Phi) is 3.63. The lowest BCUT2D eigenvalue weighted by Gasteiger charge is -2.06. The summed E-state index contributed by atoms with van der Waals surface area (Å²) in [5.41, 5.74) is 5.59. The van der Waals surface area contributed by atoms with Crippen molar-refractivity contribution in [3.63, 3.8) is 0 Å². The lowest BCUT2D eigenvalue weighted by molar-refractivity contribution is 0.460. The number of nitrogens with two attached hydrogens (primary N) is 1. The topological polar surface area (TPSA) is 66.0 Å². The van der Waals surface area contributed by atoms with Crippen molar-refractivity contribution in [2.24, 2.45) is 0 Å². The Bertz CT molecular complexity index is 568. The molecular weight excluding hydrogens is 275 g/mol. The molecule has 2 heterocycles. The number of nitrogens with zero attached hydrogens (tertiary/aromatic N) is 3. The van der Waals surface area contributed by atoms with Gasteiger partial charge in [-0.1, -0.05) is 23.2 Å². The van der Waals surface area contributed by atoms with Crippen molar-refractivity contribution in [1.29, 1.82) is 0 Å². The summed E-state index contributed by atoms with van der Waals surface area (Å²) < 4.78 is 7.28. The first-order valence-electron chi connectivity index (χ1n) is 5.31. The van der Waals surface area contributed by atoms with Crippen LogP contribution in [-0.2, 0) is 0 Å². The van der Waals surface area contributed by atoms with Crippen LogP contribution in [0.4, 0.5) is 5.82 Å². The molecule has 0 unspecified atom stereocenters. The molecule has 0 bridgehead atoms. The first-order valence-corrected chi connectivity index (χ1v) is 6.06. The Labute approximate surface area is 114 Å². The minimum atomic E-state index is 0.173. The lowest BCUT2D eigenvalue weighted by atomic mass is 10.4. The lowest BCUT2D eigenvalue weighted by Crippen LogP contribution is -1.99. The van der Waals surface area contributed by atoms with E-state index in [9.17, 15) is 0 Å². The summed E-state index contributed by atoms with van der Waals surface area (Å²) in [6.45, 7) is 4.03. The number of hydrogen-bond donors (Lipinski definition) is 1. The van der Waals surface area contributed by atoms with Gasteiger partial charge in [0.1, 0.15) is 10.8 Å². The largest absolute Gasteiger partial charge is 0.434 e. The molecule has 0 radical (unpaired) electrons. The van der Waals surface area contributed by atoms with E-state index in [0.29, 0.717) is 15.8 Å². The van der Waals surface area contributed by atoms with E-state index in [4.69, 9.17) is 33.7 Å². The standard InChI is InChI=1S/C11H12Cl2N4O/c1-6(2)17-5-7(4-15-17)18-11-9(13)3-8(12)10(14)16-11/h3-6H,1-2H3,(H2,14,16). The Balaban J connectivity index is 2.25. The molecule has 0 amide bonds. The second-order valence-corrected chi connectivity index (χ2v) is 4.81. The molecule has 0 atom stereocenters. The van der Waals surface area contributed by atoms with E-state index in [2.05, 4.69) is 10.1 Å². The van der Waals surface area contributed by atoms with E-state index in [0.717, 1.165) is 0 Å². The summed E-state index contributed by atoms with van der Waals surface area (Å²) in [6, 6.07) is 1.74. The van der Waals surface area contributed by atoms with Gasteiger partial charge in [-0.15, -0.1) is 0 Å². The molecule has 2 rings (SSSR count). The molecule has 2 N–H and O–H groups in total. The molecule has 0 saturated carbocycles. The van der Waals surface area contributed by atoms with Crippen LogP contribution in [0, 0.1) is 0 Å². The molecule has 96 valence electrons. The van der Waals surface area contributed by atoms with Crippen molar-refractivity contribution in [3.05, 3.63) is 28.5 Å². The number of anilines is 1. The highest BCUT2D eigenvalue weighted by atomic mass is 35.5. The Morgan fingerprint density at radius 1 is 1.33 bits per heavy atom. The van der Waals surface area contributed by atoms with Gasteiger partial charge in [0.2, 0.25) is 5.88 Å². The van der Waals surface area contributed by atoms with Gasteiger partial charge in [0.25, 0.3) is 0 Å². The van der Waals surface area contributed by atoms with Gasteiger partial charge in [0.05, 0.1) is 17.4 Å². The van der Waals surface area contributed by atoms with Crippen LogP contribution in [0.2, 0.25) is 10.0 Å². The van der Waals surface area contributed by atoms with Gasteiger partial charge in [-0.05, 0) is 19.9 Å². The predicted molar refractivity (Wildman–Crippen MR) is 71.4 cm³/mol. The third-order valence-electron chi connectivity index (χ3n) is 2.25. The van der Waals surface area contributed by atoms with Crippen molar-refractivity contribution in [3.8, 4) is 11.6 Å². The predicted octanol–water partition coefficient (Wildman–Crippen LogP) is 3.54. The molecule has 0 spiro atoms. The van der Waals surface area contributed by atoms with E-state index in [-0.39, 0.29) is 17.7 Å². The molecule has 2 aromatic rings. The van der Waals surface area contributed by atoms with E-state index in [1.807, 2.05) is 13.8 Å². The van der Waals surface area contributed by atoms with Gasteiger partial charge in [-0.25, -0.2) is 0 Å². The number of ether oxygens (including phenoxy) is 1. The minimum absolute atomic E-state index is 0.173. The fourth-order valence-electron chi connectivity index (χ4n) is 1.30. The maximum Gasteiger partial charge on any atom is 0.240 e. The van der Waals surface area contributed by atoms with Gasteiger partial charge in [-0.3, -0.25) is 4.68 Å². The van der Waals surface area contributed by atoms with Crippen LogP contribution in [0.3, 0.4) is 0 Å². The quantitative estimate of drug-likeness (QED) is 0.937. The second-order valence-electron chi connectivity index (χ2n) is 3.99. The van der Waals surface area contributed by atoms with Crippen molar-refractivity contribution < 1.29 is 4.74 Å². The SMILES string of the molecule is CC(C)n1cc(Oc2nc(N)c(Cl)cc2Cl)cn1. The Morgan fingerprint density at radius 2 is 2.06 bits per heavy atom. The molecule has 18 heavy (non-hydrogen) atoms. The maximum absolute atomic E-state index is 5.97. The van der Waals surface area contributed by atoms with E-state index >= 15 is 0 Å². The number of aromatic nitrogens is 3. The zero-order valence-electron chi connectivity index (χ0n) is 9.89. The van der Waals surface area contributed by atoms with Crippen molar-refractivity contribution >= 4 is 29.0 Å². The van der Waals surface area contributed by atoms with Crippen molar-refractivity contribution in [1.82, 2.24) is 14.8 Å². The Morgan fingerprint density at radius 3 is 2.67 bits per heavy atom. The van der Waals surface area contributed by atoms with Gasteiger partial charge in [-0.2, -0.15) is 10.1 Å². The molecule has 2 aromatic heterocycles. The van der Waals surface area contributed by atoms with Crippen LogP contribution < -0.4 is 10.5 Å². The molecule has 0 aliphatic rings. The number of rotatable bonds is 3. The minimum Gasteiger partial charge on any atom is -0.434 e. The molecule has 0 aliphatic carbocycles. The van der Waals surface area contributed by atoms with Gasteiger partial charge in [0.15, 0.2) is 5.75 Å². The number of halogens is 2. The molecule has 0 aliphatic heterocycles.